The van der Waals surface area contributed by atoms with E-state index in [1.165, 1.54) is 12.5 Å². The molecule has 0 saturated carbocycles. The summed E-state index contributed by atoms with van der Waals surface area (Å²) in [4.78, 5) is 28.3. The average molecular weight is 342 g/mol. The van der Waals surface area contributed by atoms with Crippen LogP contribution in [0.2, 0.25) is 0 Å². The summed E-state index contributed by atoms with van der Waals surface area (Å²) in [5.74, 6) is -0.0645. The van der Waals surface area contributed by atoms with E-state index in [1.54, 1.807) is 4.68 Å². The van der Waals surface area contributed by atoms with E-state index >= 15 is 0 Å². The third-order valence-electron chi connectivity index (χ3n) is 4.34. The van der Waals surface area contributed by atoms with Crippen LogP contribution in [-0.2, 0) is 17.8 Å². The number of aromatic nitrogens is 3. The van der Waals surface area contributed by atoms with Crippen LogP contribution in [0.5, 0.6) is 0 Å². The third kappa shape index (κ3) is 4.53. The Labute approximate surface area is 148 Å². The Morgan fingerprint density at radius 3 is 2.52 bits per heavy atom. The van der Waals surface area contributed by atoms with Gasteiger partial charge in [0.15, 0.2) is 5.78 Å². The molecule has 1 atom stereocenters. The van der Waals surface area contributed by atoms with Gasteiger partial charge < -0.3 is 5.32 Å². The summed E-state index contributed by atoms with van der Waals surface area (Å²) in [6, 6.07) is 3.83. The van der Waals surface area contributed by atoms with Crippen molar-refractivity contribution in [3.05, 3.63) is 46.5 Å². The van der Waals surface area contributed by atoms with Crippen molar-refractivity contribution < 1.29 is 9.59 Å². The summed E-state index contributed by atoms with van der Waals surface area (Å²) in [5, 5.41) is 7.32. The minimum Gasteiger partial charge on any atom is -0.350 e. The summed E-state index contributed by atoms with van der Waals surface area (Å²) in [7, 11) is 0. The van der Waals surface area contributed by atoms with Crippen LogP contribution in [0.25, 0.3) is 0 Å². The minimum atomic E-state index is -0.123. The van der Waals surface area contributed by atoms with Crippen molar-refractivity contribution in [3.8, 4) is 0 Å². The predicted octanol–water partition coefficient (Wildman–Crippen LogP) is 2.93. The molecule has 2 heterocycles. The topological polar surface area (TPSA) is 76.9 Å². The molecule has 1 N–H and O–H groups in total. The summed E-state index contributed by atoms with van der Waals surface area (Å²) < 4.78 is 1.76. The molecular formula is C19H26N4O2. The first-order valence-corrected chi connectivity index (χ1v) is 8.60. The molecule has 0 aliphatic carbocycles. The van der Waals surface area contributed by atoms with E-state index < -0.39 is 0 Å². The molecule has 2 rings (SSSR count). The lowest BCUT2D eigenvalue weighted by atomic mass is 10.1. The molecule has 0 bridgehead atoms. The monoisotopic (exact) mass is 342 g/mol. The van der Waals surface area contributed by atoms with Crippen molar-refractivity contribution in [3.63, 3.8) is 0 Å². The van der Waals surface area contributed by atoms with Gasteiger partial charge in [-0.2, -0.15) is 5.10 Å². The molecule has 0 aliphatic heterocycles. The van der Waals surface area contributed by atoms with E-state index in [0.29, 0.717) is 24.2 Å². The summed E-state index contributed by atoms with van der Waals surface area (Å²) in [6.45, 7) is 9.64. The number of rotatable bonds is 7. The smallest absolute Gasteiger partial charge is 0.222 e. The second-order valence-electron chi connectivity index (χ2n) is 6.39. The highest BCUT2D eigenvalue weighted by atomic mass is 16.1. The Bertz CT molecular complexity index is 762. The number of hydrogen-bond acceptors (Lipinski definition) is 4. The quantitative estimate of drug-likeness (QED) is 0.785. The summed E-state index contributed by atoms with van der Waals surface area (Å²) in [5.41, 5.74) is 4.17. The molecular weight excluding hydrogens is 316 g/mol. The zero-order chi connectivity index (χ0) is 18.6. The van der Waals surface area contributed by atoms with Crippen molar-refractivity contribution in [2.75, 3.05) is 0 Å². The van der Waals surface area contributed by atoms with Gasteiger partial charge in [0.05, 0.1) is 29.5 Å². The number of pyridine rings is 1. The van der Waals surface area contributed by atoms with Crippen LogP contribution in [0.15, 0.2) is 18.3 Å². The normalized spacial score (nSPS) is 12.0. The zero-order valence-electron chi connectivity index (χ0n) is 15.6. The first-order chi connectivity index (χ1) is 11.8. The Morgan fingerprint density at radius 2 is 2.00 bits per heavy atom. The van der Waals surface area contributed by atoms with Crippen LogP contribution < -0.4 is 5.32 Å². The number of Topliss-reactive ketones (excluding diaryl/α,β-unsaturated/α-hetero) is 1. The SMILES string of the molecule is CCc1ccc(CNC(=O)CC(C)n2nc(C)c(C(C)=O)c2C)nc1. The zero-order valence-corrected chi connectivity index (χ0v) is 15.6. The van der Waals surface area contributed by atoms with Gasteiger partial charge in [0.2, 0.25) is 5.91 Å². The molecule has 1 amide bonds. The van der Waals surface area contributed by atoms with Gasteiger partial charge in [-0.15, -0.1) is 0 Å². The molecule has 0 spiro atoms. The highest BCUT2D eigenvalue weighted by Gasteiger charge is 2.20. The van der Waals surface area contributed by atoms with Crippen LogP contribution in [0.3, 0.4) is 0 Å². The molecule has 0 fully saturated rings. The number of ketones is 1. The van der Waals surface area contributed by atoms with Gasteiger partial charge >= 0.3 is 0 Å². The molecule has 25 heavy (non-hydrogen) atoms. The van der Waals surface area contributed by atoms with Gasteiger partial charge in [0.25, 0.3) is 0 Å². The van der Waals surface area contributed by atoms with Crippen LogP contribution >= 0.6 is 0 Å². The molecule has 0 saturated heterocycles. The van der Waals surface area contributed by atoms with E-state index in [0.717, 1.165) is 17.8 Å². The van der Waals surface area contributed by atoms with Crippen LogP contribution in [0, 0.1) is 13.8 Å². The van der Waals surface area contributed by atoms with Crippen LogP contribution in [-0.4, -0.2) is 26.5 Å². The first kappa shape index (κ1) is 18.8. The third-order valence-corrected chi connectivity index (χ3v) is 4.34. The lowest BCUT2D eigenvalue weighted by molar-refractivity contribution is -0.122. The van der Waals surface area contributed by atoms with Crippen molar-refractivity contribution in [2.24, 2.45) is 0 Å². The van der Waals surface area contributed by atoms with Crippen molar-refractivity contribution in [1.29, 1.82) is 0 Å². The van der Waals surface area contributed by atoms with E-state index in [1.807, 2.05) is 39.1 Å². The van der Waals surface area contributed by atoms with Crippen molar-refractivity contribution in [2.45, 2.75) is 60.0 Å². The van der Waals surface area contributed by atoms with Gasteiger partial charge in [-0.1, -0.05) is 13.0 Å². The van der Waals surface area contributed by atoms with E-state index in [4.69, 9.17) is 0 Å². The second kappa shape index (κ2) is 8.05. The fraction of sp³-hybridized carbons (Fsp3) is 0.474. The number of carbonyl (C=O) groups is 2. The number of carbonyl (C=O) groups excluding carboxylic acids is 2. The predicted molar refractivity (Wildman–Crippen MR) is 96.5 cm³/mol. The number of hydrogen-bond donors (Lipinski definition) is 1. The maximum Gasteiger partial charge on any atom is 0.222 e. The van der Waals surface area contributed by atoms with Crippen molar-refractivity contribution in [1.82, 2.24) is 20.1 Å². The maximum atomic E-state index is 12.2. The molecule has 6 nitrogen and oxygen atoms in total. The summed E-state index contributed by atoms with van der Waals surface area (Å²) >= 11 is 0. The Balaban J connectivity index is 1.95. The fourth-order valence-electron chi connectivity index (χ4n) is 2.99. The Hall–Kier alpha value is -2.50. The average Bonchev–Trinajstić information content (AvgIpc) is 2.88. The van der Waals surface area contributed by atoms with Crippen LogP contribution in [0.1, 0.15) is 66.2 Å². The molecule has 2 aromatic rings. The van der Waals surface area contributed by atoms with Gasteiger partial charge in [0, 0.05) is 18.3 Å². The lowest BCUT2D eigenvalue weighted by Crippen LogP contribution is -2.26. The first-order valence-electron chi connectivity index (χ1n) is 8.60. The molecule has 2 aromatic heterocycles. The molecule has 6 heteroatoms. The van der Waals surface area contributed by atoms with Crippen LogP contribution in [0.4, 0.5) is 0 Å². The molecule has 134 valence electrons. The second-order valence-corrected chi connectivity index (χ2v) is 6.39. The Morgan fingerprint density at radius 1 is 1.28 bits per heavy atom. The van der Waals surface area contributed by atoms with E-state index in [2.05, 4.69) is 22.3 Å². The van der Waals surface area contributed by atoms with E-state index in [-0.39, 0.29) is 17.7 Å². The van der Waals surface area contributed by atoms with Crippen molar-refractivity contribution >= 4 is 11.7 Å². The van der Waals surface area contributed by atoms with Gasteiger partial charge in [-0.05, 0) is 45.7 Å². The highest BCUT2D eigenvalue weighted by molar-refractivity contribution is 5.96. The number of aryl methyl sites for hydroxylation is 2. The standard InChI is InChI=1S/C19H26N4O2/c1-6-16-7-8-17(20-10-16)11-21-18(25)9-12(2)23-14(4)19(15(5)24)13(3)22-23/h7-8,10,12H,6,9,11H2,1-5H3,(H,21,25). The maximum absolute atomic E-state index is 12.2. The lowest BCUT2D eigenvalue weighted by Gasteiger charge is -2.14. The van der Waals surface area contributed by atoms with Gasteiger partial charge in [0.1, 0.15) is 0 Å². The summed E-state index contributed by atoms with van der Waals surface area (Å²) in [6.07, 6.45) is 3.08. The molecule has 1 unspecified atom stereocenters. The number of nitrogens with zero attached hydrogens (tertiary/aromatic N) is 3. The molecule has 0 aliphatic rings. The largest absolute Gasteiger partial charge is 0.350 e. The number of nitrogens with one attached hydrogen (secondary N) is 1. The Kier molecular flexibility index (Phi) is 6.07. The highest BCUT2D eigenvalue weighted by Crippen LogP contribution is 2.19. The minimum absolute atomic E-state index is 0.000461. The fourth-order valence-corrected chi connectivity index (χ4v) is 2.99. The van der Waals surface area contributed by atoms with Gasteiger partial charge in [-0.3, -0.25) is 19.3 Å². The van der Waals surface area contributed by atoms with Gasteiger partial charge in [-0.25, -0.2) is 0 Å². The number of amides is 1. The molecule has 0 radical (unpaired) electrons. The van der Waals surface area contributed by atoms with E-state index in [9.17, 15) is 9.59 Å². The molecule has 0 aromatic carbocycles.